The quantitative estimate of drug-likeness (QED) is 0.456. The fraction of sp³-hybridized carbons (Fsp3) is 0.0476. The van der Waals surface area contributed by atoms with Crippen LogP contribution in [0.3, 0.4) is 0 Å². The second kappa shape index (κ2) is 9.73. The molecule has 0 atom stereocenters. The molecule has 0 amide bonds. The maximum absolute atomic E-state index is 12.7. The van der Waals surface area contributed by atoms with E-state index < -0.39 is 10.0 Å². The van der Waals surface area contributed by atoms with Crippen molar-refractivity contribution in [1.82, 2.24) is 0 Å². The van der Waals surface area contributed by atoms with E-state index in [4.69, 9.17) is 17.3 Å². The highest BCUT2D eigenvalue weighted by Gasteiger charge is 2.16. The third-order valence-electron chi connectivity index (χ3n) is 3.80. The predicted molar refractivity (Wildman–Crippen MR) is 121 cm³/mol. The normalized spacial score (nSPS) is 12.7. The highest BCUT2D eigenvalue weighted by atomic mass is 35.5. The highest BCUT2D eigenvalue weighted by molar-refractivity contribution is 8.13. The molecule has 0 radical (unpaired) electrons. The summed E-state index contributed by atoms with van der Waals surface area (Å²) in [5, 5.41) is 0.665. The van der Waals surface area contributed by atoms with E-state index in [1.54, 1.807) is 24.3 Å². The summed E-state index contributed by atoms with van der Waals surface area (Å²) in [7, 11) is -3.98. The summed E-state index contributed by atoms with van der Waals surface area (Å²) in [6, 6.07) is 24.4. The van der Waals surface area contributed by atoms with Crippen molar-refractivity contribution in [1.29, 1.82) is 0 Å². The molecule has 0 bridgehead atoms. The van der Waals surface area contributed by atoms with Crippen LogP contribution in [-0.4, -0.2) is 19.4 Å². The van der Waals surface area contributed by atoms with Gasteiger partial charge in [0.05, 0.1) is 4.90 Å². The molecule has 0 fully saturated rings. The van der Waals surface area contributed by atoms with Gasteiger partial charge in [-0.25, -0.2) is 4.99 Å². The number of thioether (sulfide) groups is 1. The van der Waals surface area contributed by atoms with E-state index in [0.29, 0.717) is 16.3 Å². The first-order chi connectivity index (χ1) is 13.9. The average molecular weight is 444 g/mol. The molecule has 0 unspecified atom stereocenters. The summed E-state index contributed by atoms with van der Waals surface area (Å²) in [4.78, 5) is 4.32. The molecule has 3 rings (SSSR count). The lowest BCUT2D eigenvalue weighted by molar-refractivity contribution is 0.598. The van der Waals surface area contributed by atoms with Crippen LogP contribution in [0.2, 0.25) is 5.02 Å². The number of rotatable bonds is 5. The zero-order chi connectivity index (χ0) is 20.7. The van der Waals surface area contributed by atoms with Crippen LogP contribution in [0.15, 0.2) is 99.2 Å². The van der Waals surface area contributed by atoms with Crippen molar-refractivity contribution in [3.05, 3.63) is 101 Å². The largest absolute Gasteiger partial charge is 0.378 e. The van der Waals surface area contributed by atoms with Crippen LogP contribution in [0.4, 0.5) is 0 Å². The van der Waals surface area contributed by atoms with Crippen molar-refractivity contribution < 1.29 is 8.42 Å². The highest BCUT2D eigenvalue weighted by Crippen LogP contribution is 2.18. The standard InChI is InChI=1S/C21H18ClN3O2S2/c22-18-11-13-19(14-12-18)29(26,27)25-20(17-9-5-2-6-10-17)24-21(23)28-15-16-7-3-1-4-8-16/h1-14H,15H2,(H2,23,24,25). The van der Waals surface area contributed by atoms with Crippen LogP contribution < -0.4 is 5.73 Å². The van der Waals surface area contributed by atoms with Gasteiger partial charge in [0.1, 0.15) is 0 Å². The van der Waals surface area contributed by atoms with Crippen LogP contribution in [0.25, 0.3) is 0 Å². The minimum Gasteiger partial charge on any atom is -0.378 e. The Labute approximate surface area is 179 Å². The van der Waals surface area contributed by atoms with Crippen LogP contribution in [0, 0.1) is 0 Å². The Morgan fingerprint density at radius 3 is 2.10 bits per heavy atom. The second-order valence-corrected chi connectivity index (χ2v) is 8.97. The number of aliphatic imine (C=N–C) groups is 1. The van der Waals surface area contributed by atoms with E-state index >= 15 is 0 Å². The number of benzene rings is 3. The maximum atomic E-state index is 12.7. The molecule has 0 aliphatic rings. The van der Waals surface area contributed by atoms with Crippen LogP contribution in [0.5, 0.6) is 0 Å². The first-order valence-electron chi connectivity index (χ1n) is 8.61. The van der Waals surface area contributed by atoms with Gasteiger partial charge in [-0.3, -0.25) is 0 Å². The van der Waals surface area contributed by atoms with Gasteiger partial charge < -0.3 is 5.73 Å². The zero-order valence-electron chi connectivity index (χ0n) is 15.3. The van der Waals surface area contributed by atoms with Gasteiger partial charge in [-0.05, 0) is 29.8 Å². The molecule has 8 heteroatoms. The lowest BCUT2D eigenvalue weighted by Crippen LogP contribution is -2.13. The molecule has 0 saturated heterocycles. The Balaban J connectivity index is 1.92. The fourth-order valence-corrected chi connectivity index (χ4v) is 4.11. The number of amidine groups is 2. The number of nitrogens with two attached hydrogens (primary N) is 1. The Morgan fingerprint density at radius 1 is 0.897 bits per heavy atom. The molecule has 0 aliphatic carbocycles. The summed E-state index contributed by atoms with van der Waals surface area (Å²) in [6.45, 7) is 0. The van der Waals surface area contributed by atoms with E-state index in [2.05, 4.69) is 9.39 Å². The van der Waals surface area contributed by atoms with Crippen molar-refractivity contribution in [2.75, 3.05) is 0 Å². The van der Waals surface area contributed by atoms with Crippen molar-refractivity contribution in [2.45, 2.75) is 10.6 Å². The second-order valence-electron chi connectivity index (χ2n) is 5.93. The zero-order valence-corrected chi connectivity index (χ0v) is 17.7. The number of hydrogen-bond donors (Lipinski definition) is 1. The van der Waals surface area contributed by atoms with Gasteiger partial charge >= 0.3 is 0 Å². The topological polar surface area (TPSA) is 84.9 Å². The number of sulfonamides is 1. The molecule has 3 aromatic rings. The summed E-state index contributed by atoms with van der Waals surface area (Å²) in [6.07, 6.45) is 0. The molecule has 0 saturated carbocycles. The maximum Gasteiger partial charge on any atom is 0.284 e. The molecule has 0 spiro atoms. The Kier molecular flexibility index (Phi) is 7.09. The third kappa shape index (κ3) is 6.19. The molecule has 5 nitrogen and oxygen atoms in total. The predicted octanol–water partition coefficient (Wildman–Crippen LogP) is 4.72. The number of hydrogen-bond acceptors (Lipinski definition) is 3. The first-order valence-corrected chi connectivity index (χ1v) is 11.4. The third-order valence-corrected chi connectivity index (χ3v) is 6.19. The number of nitrogens with zero attached hydrogens (tertiary/aromatic N) is 2. The van der Waals surface area contributed by atoms with Crippen molar-refractivity contribution in [2.24, 2.45) is 15.1 Å². The Bertz CT molecular complexity index is 1120. The Hall–Kier alpha value is -2.61. The monoisotopic (exact) mass is 443 g/mol. The molecule has 0 heterocycles. The van der Waals surface area contributed by atoms with Gasteiger partial charge in [-0.2, -0.15) is 8.42 Å². The van der Waals surface area contributed by atoms with Gasteiger partial charge in [0.15, 0.2) is 11.0 Å². The van der Waals surface area contributed by atoms with Crippen molar-refractivity contribution in [3.63, 3.8) is 0 Å². The van der Waals surface area contributed by atoms with E-state index in [1.165, 1.54) is 36.0 Å². The smallest absolute Gasteiger partial charge is 0.284 e. The Morgan fingerprint density at radius 2 is 1.48 bits per heavy atom. The van der Waals surface area contributed by atoms with E-state index in [1.807, 2.05) is 36.4 Å². The number of halogens is 1. The van der Waals surface area contributed by atoms with Gasteiger partial charge in [0.2, 0.25) is 0 Å². The van der Waals surface area contributed by atoms with E-state index in [0.717, 1.165) is 5.56 Å². The van der Waals surface area contributed by atoms with Crippen molar-refractivity contribution >= 4 is 44.4 Å². The van der Waals surface area contributed by atoms with E-state index in [9.17, 15) is 8.42 Å². The van der Waals surface area contributed by atoms with Gasteiger partial charge in [0, 0.05) is 16.3 Å². The van der Waals surface area contributed by atoms with Gasteiger partial charge in [0.25, 0.3) is 10.0 Å². The van der Waals surface area contributed by atoms with Gasteiger partial charge in [-0.15, -0.1) is 4.40 Å². The van der Waals surface area contributed by atoms with Crippen LogP contribution in [0.1, 0.15) is 11.1 Å². The minimum absolute atomic E-state index is 0.0265. The lowest BCUT2D eigenvalue weighted by Gasteiger charge is -2.06. The van der Waals surface area contributed by atoms with E-state index in [-0.39, 0.29) is 15.9 Å². The molecular formula is C21H18ClN3O2S2. The molecular weight excluding hydrogens is 426 g/mol. The molecule has 148 valence electrons. The molecule has 3 aromatic carbocycles. The van der Waals surface area contributed by atoms with Crippen LogP contribution in [-0.2, 0) is 15.8 Å². The summed E-state index contributed by atoms with van der Waals surface area (Å²) in [5.41, 5.74) is 7.69. The average Bonchev–Trinajstić information content (AvgIpc) is 2.73. The molecule has 2 N–H and O–H groups in total. The SMILES string of the molecule is NC(=NC(=NS(=O)(=O)c1ccc(Cl)cc1)c1ccccc1)SCc1ccccc1. The molecule has 0 aliphatic heterocycles. The summed E-state index contributed by atoms with van der Waals surface area (Å²) in [5.74, 6) is 0.640. The molecule has 0 aromatic heterocycles. The van der Waals surface area contributed by atoms with Crippen LogP contribution >= 0.6 is 23.4 Å². The summed E-state index contributed by atoms with van der Waals surface area (Å²) < 4.78 is 29.4. The van der Waals surface area contributed by atoms with Gasteiger partial charge in [-0.1, -0.05) is 84.0 Å². The lowest BCUT2D eigenvalue weighted by atomic mass is 10.2. The molecule has 29 heavy (non-hydrogen) atoms. The minimum atomic E-state index is -3.98. The summed E-state index contributed by atoms with van der Waals surface area (Å²) >= 11 is 7.16. The first kappa shape index (κ1) is 21.1. The van der Waals surface area contributed by atoms with Crippen molar-refractivity contribution in [3.8, 4) is 0 Å². The fourth-order valence-electron chi connectivity index (χ4n) is 2.37.